The molecule has 8 heteroatoms. The van der Waals surface area contributed by atoms with Gasteiger partial charge in [0.15, 0.2) is 11.5 Å². The largest absolute Gasteiger partial charge is 0.493 e. The molecule has 2 aromatic carbocycles. The molecule has 0 unspecified atom stereocenters. The fraction of sp³-hybridized carbons (Fsp3) is 0.278. The molecule has 0 fully saturated rings. The van der Waals surface area contributed by atoms with Crippen LogP contribution in [0, 0.1) is 0 Å². The number of nitrogens with one attached hydrogen (secondary N) is 1. The minimum atomic E-state index is -4.45. The highest BCUT2D eigenvalue weighted by Gasteiger charge is 2.27. The summed E-state index contributed by atoms with van der Waals surface area (Å²) in [5, 5.41) is 1.83. The highest BCUT2D eigenvalue weighted by molar-refractivity contribution is 5.94. The Balaban J connectivity index is 2.27. The summed E-state index contributed by atoms with van der Waals surface area (Å²) in [6.07, 6.45) is -4.45. The molecule has 1 N–H and O–H groups in total. The Morgan fingerprint density at radius 1 is 0.923 bits per heavy atom. The van der Waals surface area contributed by atoms with Gasteiger partial charge in [0, 0.05) is 5.56 Å². The van der Waals surface area contributed by atoms with Crippen molar-refractivity contribution in [3.05, 3.63) is 42.0 Å². The molecule has 0 heterocycles. The van der Waals surface area contributed by atoms with E-state index in [1.165, 1.54) is 33.5 Å². The maximum absolute atomic E-state index is 12.2. The van der Waals surface area contributed by atoms with Crippen LogP contribution in [0.3, 0.4) is 0 Å². The first-order chi connectivity index (χ1) is 12.3. The molecule has 0 saturated carbocycles. The zero-order valence-electron chi connectivity index (χ0n) is 14.4. The molecule has 5 nitrogen and oxygen atoms in total. The Hall–Kier alpha value is -2.90. The Labute approximate surface area is 148 Å². The van der Waals surface area contributed by atoms with Crippen LogP contribution in [0.4, 0.5) is 13.2 Å². The molecule has 140 valence electrons. The third-order valence-electron chi connectivity index (χ3n) is 3.59. The number of rotatable bonds is 6. The molecule has 1 amide bonds. The van der Waals surface area contributed by atoms with Crippen molar-refractivity contribution in [2.45, 2.75) is 6.18 Å². The molecule has 0 saturated heterocycles. The summed E-state index contributed by atoms with van der Waals surface area (Å²) in [6, 6.07) is 9.63. The van der Waals surface area contributed by atoms with Crippen molar-refractivity contribution in [1.82, 2.24) is 5.32 Å². The van der Waals surface area contributed by atoms with Gasteiger partial charge >= 0.3 is 6.18 Å². The summed E-state index contributed by atoms with van der Waals surface area (Å²) in [5.74, 6) is 0.586. The van der Waals surface area contributed by atoms with Gasteiger partial charge in [0.05, 0.1) is 21.3 Å². The fourth-order valence-electron chi connectivity index (χ4n) is 2.34. The number of carbonyl (C=O) groups excluding carboxylic acids is 1. The molecule has 0 aliphatic carbocycles. The number of alkyl halides is 3. The van der Waals surface area contributed by atoms with Gasteiger partial charge in [-0.05, 0) is 35.4 Å². The van der Waals surface area contributed by atoms with Crippen molar-refractivity contribution >= 4 is 5.91 Å². The maximum atomic E-state index is 12.2. The van der Waals surface area contributed by atoms with E-state index in [0.717, 1.165) is 11.1 Å². The van der Waals surface area contributed by atoms with Crippen LogP contribution in [0.5, 0.6) is 17.2 Å². The number of halogens is 3. The molecular weight excluding hydrogens is 351 g/mol. The van der Waals surface area contributed by atoms with E-state index in [0.29, 0.717) is 17.2 Å². The molecule has 2 rings (SSSR count). The lowest BCUT2D eigenvalue weighted by atomic mass is 10.0. The average Bonchev–Trinajstić information content (AvgIpc) is 2.64. The van der Waals surface area contributed by atoms with Crippen LogP contribution in [0.15, 0.2) is 36.4 Å². The number of hydrogen-bond acceptors (Lipinski definition) is 4. The molecule has 0 aliphatic rings. The first-order valence-corrected chi connectivity index (χ1v) is 7.54. The maximum Gasteiger partial charge on any atom is 0.405 e. The van der Waals surface area contributed by atoms with Crippen LogP contribution in [0.2, 0.25) is 0 Å². The van der Waals surface area contributed by atoms with Gasteiger partial charge in [-0.3, -0.25) is 4.79 Å². The van der Waals surface area contributed by atoms with Crippen molar-refractivity contribution < 1.29 is 32.2 Å². The number of methoxy groups -OCH3 is 3. The SMILES string of the molecule is COc1cc(-c2ccc(C(=O)NCC(F)(F)F)cc2)cc(OC)c1OC. The van der Waals surface area contributed by atoms with Gasteiger partial charge in [-0.2, -0.15) is 13.2 Å². The second-order valence-corrected chi connectivity index (χ2v) is 5.29. The number of ether oxygens (including phenoxy) is 3. The van der Waals surface area contributed by atoms with Gasteiger partial charge in [-0.1, -0.05) is 12.1 Å². The van der Waals surface area contributed by atoms with E-state index in [1.54, 1.807) is 24.3 Å². The molecule has 26 heavy (non-hydrogen) atoms. The van der Waals surface area contributed by atoms with Gasteiger partial charge in [-0.15, -0.1) is 0 Å². The standard InChI is InChI=1S/C18H18F3NO4/c1-24-14-8-13(9-15(25-2)16(14)26-3)11-4-6-12(7-5-11)17(23)22-10-18(19,20)21/h4-9H,10H2,1-3H3,(H,22,23). The quantitative estimate of drug-likeness (QED) is 0.844. The second-order valence-electron chi connectivity index (χ2n) is 5.29. The average molecular weight is 369 g/mol. The van der Waals surface area contributed by atoms with Crippen LogP contribution in [0.25, 0.3) is 11.1 Å². The lowest BCUT2D eigenvalue weighted by molar-refractivity contribution is -0.123. The van der Waals surface area contributed by atoms with Crippen LogP contribution in [-0.2, 0) is 0 Å². The van der Waals surface area contributed by atoms with E-state index in [1.807, 2.05) is 5.32 Å². The van der Waals surface area contributed by atoms with Crippen molar-refractivity contribution in [3.8, 4) is 28.4 Å². The minimum absolute atomic E-state index is 0.130. The number of carbonyl (C=O) groups is 1. The normalized spacial score (nSPS) is 11.0. The van der Waals surface area contributed by atoms with Gasteiger partial charge in [0.2, 0.25) is 5.75 Å². The topological polar surface area (TPSA) is 56.8 Å². The predicted octanol–water partition coefficient (Wildman–Crippen LogP) is 3.67. The smallest absolute Gasteiger partial charge is 0.405 e. The van der Waals surface area contributed by atoms with Crippen molar-refractivity contribution in [2.24, 2.45) is 0 Å². The van der Waals surface area contributed by atoms with Crippen molar-refractivity contribution in [3.63, 3.8) is 0 Å². The number of benzene rings is 2. The van der Waals surface area contributed by atoms with E-state index >= 15 is 0 Å². The highest BCUT2D eigenvalue weighted by atomic mass is 19.4. The van der Waals surface area contributed by atoms with Crippen LogP contribution in [-0.4, -0.2) is 40.0 Å². The molecule has 0 spiro atoms. The molecule has 0 aromatic heterocycles. The summed E-state index contributed by atoms with van der Waals surface area (Å²) in [4.78, 5) is 11.8. The van der Waals surface area contributed by atoms with Gasteiger partial charge < -0.3 is 19.5 Å². The Morgan fingerprint density at radius 2 is 1.46 bits per heavy atom. The Bertz CT molecular complexity index is 748. The lowest BCUT2D eigenvalue weighted by Gasteiger charge is -2.14. The molecule has 2 aromatic rings. The van der Waals surface area contributed by atoms with Crippen molar-refractivity contribution in [2.75, 3.05) is 27.9 Å². The van der Waals surface area contributed by atoms with E-state index in [4.69, 9.17) is 14.2 Å². The summed E-state index contributed by atoms with van der Waals surface area (Å²) < 4.78 is 52.4. The molecule has 0 atom stereocenters. The van der Waals surface area contributed by atoms with E-state index < -0.39 is 18.6 Å². The van der Waals surface area contributed by atoms with Crippen LogP contribution >= 0.6 is 0 Å². The Kier molecular flexibility index (Phi) is 5.97. The van der Waals surface area contributed by atoms with E-state index in [9.17, 15) is 18.0 Å². The second kappa shape index (κ2) is 7.99. The van der Waals surface area contributed by atoms with Gasteiger partial charge in [-0.25, -0.2) is 0 Å². The summed E-state index contributed by atoms with van der Waals surface area (Å²) in [5.41, 5.74) is 1.60. The molecular formula is C18H18F3NO4. The lowest BCUT2D eigenvalue weighted by Crippen LogP contribution is -2.33. The molecule has 0 radical (unpaired) electrons. The van der Waals surface area contributed by atoms with Gasteiger partial charge in [0.25, 0.3) is 5.91 Å². The predicted molar refractivity (Wildman–Crippen MR) is 89.9 cm³/mol. The minimum Gasteiger partial charge on any atom is -0.493 e. The van der Waals surface area contributed by atoms with Gasteiger partial charge in [0.1, 0.15) is 6.54 Å². The van der Waals surface area contributed by atoms with E-state index in [2.05, 4.69) is 0 Å². The molecule has 0 bridgehead atoms. The van der Waals surface area contributed by atoms with Crippen LogP contribution in [0.1, 0.15) is 10.4 Å². The van der Waals surface area contributed by atoms with Crippen LogP contribution < -0.4 is 19.5 Å². The van der Waals surface area contributed by atoms with E-state index in [-0.39, 0.29) is 5.56 Å². The third-order valence-corrected chi connectivity index (χ3v) is 3.59. The zero-order chi connectivity index (χ0) is 19.3. The summed E-state index contributed by atoms with van der Waals surface area (Å²) >= 11 is 0. The fourth-order valence-corrected chi connectivity index (χ4v) is 2.34. The van der Waals surface area contributed by atoms with Crippen molar-refractivity contribution in [1.29, 1.82) is 0 Å². The zero-order valence-corrected chi connectivity index (χ0v) is 14.4. The summed E-state index contributed by atoms with van der Waals surface area (Å²) in [6.45, 7) is -1.37. The third kappa shape index (κ3) is 4.59. The highest BCUT2D eigenvalue weighted by Crippen LogP contribution is 2.41. The summed E-state index contributed by atoms with van der Waals surface area (Å²) in [7, 11) is 4.48. The number of amides is 1. The monoisotopic (exact) mass is 369 g/mol. The Morgan fingerprint density at radius 3 is 1.88 bits per heavy atom. The molecule has 0 aliphatic heterocycles. The first kappa shape index (κ1) is 19.4. The number of hydrogen-bond donors (Lipinski definition) is 1. The first-order valence-electron chi connectivity index (χ1n) is 7.54.